The Bertz CT molecular complexity index is 577. The smallest absolute Gasteiger partial charge is 0.191 e. The lowest BCUT2D eigenvalue weighted by molar-refractivity contribution is 0.376. The first kappa shape index (κ1) is 23.5. The average molecular weight is 493 g/mol. The van der Waals surface area contributed by atoms with Crippen LogP contribution < -0.4 is 10.6 Å². The van der Waals surface area contributed by atoms with Gasteiger partial charge in [-0.15, -0.1) is 24.0 Å². The van der Waals surface area contributed by atoms with Gasteiger partial charge in [0.2, 0.25) is 0 Å². The number of nitrogens with zero attached hydrogens (tertiary/aromatic N) is 2. The van der Waals surface area contributed by atoms with E-state index in [0.29, 0.717) is 5.92 Å². The topological polar surface area (TPSA) is 39.7 Å². The summed E-state index contributed by atoms with van der Waals surface area (Å²) >= 11 is 6.11. The Balaban J connectivity index is 0.00000338. The zero-order chi connectivity index (χ0) is 18.3. The summed E-state index contributed by atoms with van der Waals surface area (Å²) in [6.07, 6.45) is 2.23. The molecule has 6 heteroatoms. The molecule has 1 aromatic carbocycles. The summed E-state index contributed by atoms with van der Waals surface area (Å²) in [5, 5.41) is 7.69. The highest BCUT2D eigenvalue weighted by Crippen LogP contribution is 2.24. The predicted octanol–water partition coefficient (Wildman–Crippen LogP) is 4.03. The fraction of sp³-hybridized carbons (Fsp3) is 0.650. The molecule has 1 aliphatic heterocycles. The molecule has 1 atom stereocenters. The Morgan fingerprint density at radius 3 is 2.73 bits per heavy atom. The van der Waals surface area contributed by atoms with Crippen LogP contribution in [0.25, 0.3) is 0 Å². The van der Waals surface area contributed by atoms with Gasteiger partial charge >= 0.3 is 0 Å². The zero-order valence-corrected chi connectivity index (χ0v) is 19.6. The van der Waals surface area contributed by atoms with Gasteiger partial charge in [0, 0.05) is 31.2 Å². The predicted molar refractivity (Wildman–Crippen MR) is 124 cm³/mol. The molecular formula is C20H34ClIN4. The number of halogens is 2. The largest absolute Gasteiger partial charge is 0.357 e. The second-order valence-corrected chi connectivity index (χ2v) is 8.40. The molecule has 0 aliphatic carbocycles. The van der Waals surface area contributed by atoms with Crippen molar-refractivity contribution in [3.63, 3.8) is 0 Å². The summed E-state index contributed by atoms with van der Waals surface area (Å²) < 4.78 is 0. The number of rotatable bonds is 7. The molecule has 4 nitrogen and oxygen atoms in total. The van der Waals surface area contributed by atoms with Crippen LogP contribution in [0.3, 0.4) is 0 Å². The van der Waals surface area contributed by atoms with Crippen molar-refractivity contribution >= 4 is 41.5 Å². The van der Waals surface area contributed by atoms with E-state index in [4.69, 9.17) is 16.6 Å². The van der Waals surface area contributed by atoms with Crippen molar-refractivity contribution in [1.82, 2.24) is 15.5 Å². The summed E-state index contributed by atoms with van der Waals surface area (Å²) in [5.41, 5.74) is 1.35. The highest BCUT2D eigenvalue weighted by Gasteiger charge is 2.21. The molecule has 0 aromatic heterocycles. The van der Waals surface area contributed by atoms with E-state index >= 15 is 0 Å². The molecule has 26 heavy (non-hydrogen) atoms. The number of hydrogen-bond donors (Lipinski definition) is 2. The second-order valence-electron chi connectivity index (χ2n) is 7.96. The third-order valence-electron chi connectivity index (χ3n) is 4.63. The molecule has 0 bridgehead atoms. The molecule has 1 saturated heterocycles. The van der Waals surface area contributed by atoms with Gasteiger partial charge in [-0.25, -0.2) is 0 Å². The van der Waals surface area contributed by atoms with Crippen molar-refractivity contribution in [2.75, 3.05) is 39.8 Å². The van der Waals surface area contributed by atoms with E-state index in [1.165, 1.54) is 25.1 Å². The maximum atomic E-state index is 6.11. The maximum Gasteiger partial charge on any atom is 0.191 e. The van der Waals surface area contributed by atoms with Crippen LogP contribution in [0, 0.1) is 11.3 Å². The van der Waals surface area contributed by atoms with Gasteiger partial charge in [0.05, 0.1) is 0 Å². The van der Waals surface area contributed by atoms with Crippen LogP contribution in [0.5, 0.6) is 0 Å². The fourth-order valence-electron chi connectivity index (χ4n) is 3.32. The van der Waals surface area contributed by atoms with Crippen LogP contribution in [-0.2, 0) is 6.42 Å². The minimum absolute atomic E-state index is 0. The Hall–Kier alpha value is -0.530. The molecule has 0 saturated carbocycles. The number of benzene rings is 1. The SMILES string of the molecule is CCNC(=NCC(C)(C)Cc1cccc(Cl)c1)NCC1CCN(C)C1.I. The number of hydrogen-bond acceptors (Lipinski definition) is 2. The number of guanidine groups is 1. The Morgan fingerprint density at radius 1 is 1.35 bits per heavy atom. The minimum atomic E-state index is 0. The molecule has 1 heterocycles. The number of nitrogens with one attached hydrogen (secondary N) is 2. The molecule has 2 rings (SSSR count). The van der Waals surface area contributed by atoms with Crippen LogP contribution in [0.2, 0.25) is 5.02 Å². The summed E-state index contributed by atoms with van der Waals surface area (Å²) in [4.78, 5) is 7.22. The fourth-order valence-corrected chi connectivity index (χ4v) is 3.54. The van der Waals surface area contributed by atoms with Gasteiger partial charge in [0.25, 0.3) is 0 Å². The van der Waals surface area contributed by atoms with Crippen LogP contribution in [0.15, 0.2) is 29.3 Å². The third-order valence-corrected chi connectivity index (χ3v) is 4.86. The van der Waals surface area contributed by atoms with Crippen molar-refractivity contribution in [2.24, 2.45) is 16.3 Å². The van der Waals surface area contributed by atoms with Gasteiger partial charge in [-0.2, -0.15) is 0 Å². The van der Waals surface area contributed by atoms with Crippen LogP contribution in [0.4, 0.5) is 0 Å². The lowest BCUT2D eigenvalue weighted by atomic mass is 9.86. The first-order valence-electron chi connectivity index (χ1n) is 9.33. The van der Waals surface area contributed by atoms with Gasteiger partial charge in [-0.3, -0.25) is 4.99 Å². The van der Waals surface area contributed by atoms with Crippen molar-refractivity contribution in [3.8, 4) is 0 Å². The molecule has 1 aromatic rings. The Kier molecular flexibility index (Phi) is 10.3. The summed E-state index contributed by atoms with van der Waals surface area (Å²) in [7, 11) is 2.19. The molecule has 0 radical (unpaired) electrons. The molecule has 1 aliphatic rings. The lowest BCUT2D eigenvalue weighted by Crippen LogP contribution is -2.41. The van der Waals surface area contributed by atoms with Gasteiger partial charge in [-0.05, 0) is 62.4 Å². The van der Waals surface area contributed by atoms with E-state index in [1.54, 1.807) is 0 Å². The maximum absolute atomic E-state index is 6.11. The molecule has 0 spiro atoms. The molecule has 0 amide bonds. The lowest BCUT2D eigenvalue weighted by Gasteiger charge is -2.24. The average Bonchev–Trinajstić information content (AvgIpc) is 2.95. The van der Waals surface area contributed by atoms with E-state index in [9.17, 15) is 0 Å². The first-order chi connectivity index (χ1) is 11.9. The molecule has 1 fully saturated rings. The van der Waals surface area contributed by atoms with E-state index in [1.807, 2.05) is 18.2 Å². The van der Waals surface area contributed by atoms with Crippen LogP contribution in [-0.4, -0.2) is 50.6 Å². The van der Waals surface area contributed by atoms with Crippen molar-refractivity contribution in [1.29, 1.82) is 0 Å². The number of likely N-dealkylation sites (tertiary alicyclic amines) is 1. The molecular weight excluding hydrogens is 459 g/mol. The standard InChI is InChI=1S/C20H33ClN4.HI/c1-5-22-19(23-13-17-9-10-25(4)14-17)24-15-20(2,3)12-16-7-6-8-18(21)11-16;/h6-8,11,17H,5,9-10,12-15H2,1-4H3,(H2,22,23,24);1H. The second kappa shape index (κ2) is 11.3. The molecule has 148 valence electrons. The highest BCUT2D eigenvalue weighted by molar-refractivity contribution is 14.0. The van der Waals surface area contributed by atoms with Crippen LogP contribution in [0.1, 0.15) is 32.8 Å². The van der Waals surface area contributed by atoms with Crippen molar-refractivity contribution in [3.05, 3.63) is 34.9 Å². The van der Waals surface area contributed by atoms with E-state index in [0.717, 1.165) is 37.0 Å². The number of aliphatic imine (C=N–C) groups is 1. The summed E-state index contributed by atoms with van der Waals surface area (Å²) in [6, 6.07) is 8.12. The normalized spacial score (nSPS) is 18.5. The monoisotopic (exact) mass is 492 g/mol. The summed E-state index contributed by atoms with van der Waals surface area (Å²) in [5.74, 6) is 1.64. The molecule has 2 N–H and O–H groups in total. The van der Waals surface area contributed by atoms with Gasteiger partial charge in [0.1, 0.15) is 0 Å². The zero-order valence-electron chi connectivity index (χ0n) is 16.5. The third kappa shape index (κ3) is 8.44. The van der Waals surface area contributed by atoms with Gasteiger partial charge < -0.3 is 15.5 Å². The quantitative estimate of drug-likeness (QED) is 0.343. The van der Waals surface area contributed by atoms with E-state index in [2.05, 4.69) is 49.4 Å². The van der Waals surface area contributed by atoms with Crippen molar-refractivity contribution in [2.45, 2.75) is 33.6 Å². The molecule has 1 unspecified atom stereocenters. The first-order valence-corrected chi connectivity index (χ1v) is 9.71. The van der Waals surface area contributed by atoms with E-state index < -0.39 is 0 Å². The van der Waals surface area contributed by atoms with E-state index in [-0.39, 0.29) is 29.4 Å². The van der Waals surface area contributed by atoms with Gasteiger partial charge in [-0.1, -0.05) is 37.6 Å². The highest BCUT2D eigenvalue weighted by atomic mass is 127. The van der Waals surface area contributed by atoms with Crippen molar-refractivity contribution < 1.29 is 0 Å². The summed E-state index contributed by atoms with van der Waals surface area (Å²) in [6.45, 7) is 11.6. The Morgan fingerprint density at radius 2 is 2.12 bits per heavy atom. The van der Waals surface area contributed by atoms with Gasteiger partial charge in [0.15, 0.2) is 5.96 Å². The van der Waals surface area contributed by atoms with Crippen LogP contribution >= 0.6 is 35.6 Å². The minimum Gasteiger partial charge on any atom is -0.357 e. The Labute approximate surface area is 181 Å².